The van der Waals surface area contributed by atoms with Crippen molar-refractivity contribution < 1.29 is 39.8 Å². The maximum absolute atomic E-state index is 12.4. The number of aliphatic hydroxyl groups is 4. The summed E-state index contributed by atoms with van der Waals surface area (Å²) in [6.07, 6.45) is -6.99. The van der Waals surface area contributed by atoms with Gasteiger partial charge in [0.05, 0.1) is 12.2 Å². The molecule has 2 aromatic rings. The van der Waals surface area contributed by atoms with Crippen LogP contribution in [0.2, 0.25) is 0 Å². The highest BCUT2D eigenvalue weighted by Gasteiger charge is 2.44. The van der Waals surface area contributed by atoms with Crippen LogP contribution in [-0.4, -0.2) is 68.6 Å². The number of rotatable bonds is 6. The maximum atomic E-state index is 12.4. The molecule has 0 radical (unpaired) electrons. The Kier molecular flexibility index (Phi) is 6.28. The Morgan fingerprint density at radius 3 is 2.36 bits per heavy atom. The molecule has 5 N–H and O–H groups in total. The van der Waals surface area contributed by atoms with E-state index in [4.69, 9.17) is 9.47 Å². The Hall–Kier alpha value is -2.49. The standard InChI is InChI=1S/C20H22O8/c21-10-16-17(24)18(25)19(26)20(28-16)27-12-6-7-13(15(23)9-12)14(22)8-11-4-2-1-3-5-11/h1-7,9,16-21,23-26H,8,10H2/t16-,17+,18+,19+,20+/m0/s1. The highest BCUT2D eigenvalue weighted by molar-refractivity contribution is 6.00. The van der Waals surface area contributed by atoms with Crippen molar-refractivity contribution >= 4 is 5.78 Å². The Morgan fingerprint density at radius 2 is 1.71 bits per heavy atom. The molecular formula is C20H22O8. The molecule has 0 aliphatic carbocycles. The third-order valence-corrected chi connectivity index (χ3v) is 4.58. The van der Waals surface area contributed by atoms with Gasteiger partial charge in [0.2, 0.25) is 6.29 Å². The fourth-order valence-corrected chi connectivity index (χ4v) is 3.00. The van der Waals surface area contributed by atoms with Crippen LogP contribution in [0.4, 0.5) is 0 Å². The number of aliphatic hydroxyl groups excluding tert-OH is 4. The lowest BCUT2D eigenvalue weighted by atomic mass is 9.99. The topological polar surface area (TPSA) is 137 Å². The highest BCUT2D eigenvalue weighted by Crippen LogP contribution is 2.29. The van der Waals surface area contributed by atoms with Crippen LogP contribution < -0.4 is 4.74 Å². The molecule has 1 heterocycles. The minimum Gasteiger partial charge on any atom is -0.507 e. The number of benzene rings is 2. The van der Waals surface area contributed by atoms with Crippen LogP contribution >= 0.6 is 0 Å². The zero-order valence-corrected chi connectivity index (χ0v) is 14.9. The van der Waals surface area contributed by atoms with Gasteiger partial charge in [-0.05, 0) is 17.7 Å². The highest BCUT2D eigenvalue weighted by atomic mass is 16.7. The van der Waals surface area contributed by atoms with Gasteiger partial charge in [0.15, 0.2) is 5.78 Å². The van der Waals surface area contributed by atoms with Crippen LogP contribution in [0, 0.1) is 0 Å². The maximum Gasteiger partial charge on any atom is 0.229 e. The molecule has 1 saturated heterocycles. The van der Waals surface area contributed by atoms with Gasteiger partial charge in [0.1, 0.15) is 35.9 Å². The third kappa shape index (κ3) is 4.32. The van der Waals surface area contributed by atoms with Crippen LogP contribution in [0.1, 0.15) is 15.9 Å². The number of phenols is 1. The van der Waals surface area contributed by atoms with Gasteiger partial charge in [-0.1, -0.05) is 30.3 Å². The monoisotopic (exact) mass is 390 g/mol. The molecular weight excluding hydrogens is 368 g/mol. The van der Waals surface area contributed by atoms with Crippen LogP contribution in [0.15, 0.2) is 48.5 Å². The molecule has 0 saturated carbocycles. The zero-order chi connectivity index (χ0) is 20.3. The zero-order valence-electron chi connectivity index (χ0n) is 14.9. The first-order chi connectivity index (χ1) is 13.4. The van der Waals surface area contributed by atoms with Gasteiger partial charge >= 0.3 is 0 Å². The summed E-state index contributed by atoms with van der Waals surface area (Å²) in [5.74, 6) is -0.496. The number of hydrogen-bond donors (Lipinski definition) is 5. The van der Waals surface area contributed by atoms with Crippen molar-refractivity contribution in [3.63, 3.8) is 0 Å². The van der Waals surface area contributed by atoms with E-state index in [-0.39, 0.29) is 29.3 Å². The number of Topliss-reactive ketones (excluding diaryl/α,β-unsaturated/α-hetero) is 1. The average Bonchev–Trinajstić information content (AvgIpc) is 2.69. The summed E-state index contributed by atoms with van der Waals surface area (Å²) in [5, 5.41) is 49.0. The molecule has 0 unspecified atom stereocenters. The normalized spacial score (nSPS) is 27.4. The fraction of sp³-hybridized carbons (Fsp3) is 0.350. The van der Waals surface area contributed by atoms with Crippen molar-refractivity contribution in [3.8, 4) is 11.5 Å². The number of phenolic OH excluding ortho intramolecular Hbond substituents is 1. The molecule has 1 fully saturated rings. The summed E-state index contributed by atoms with van der Waals surface area (Å²) in [5.41, 5.74) is 0.929. The second kappa shape index (κ2) is 8.68. The van der Waals surface area contributed by atoms with E-state index in [0.29, 0.717) is 0 Å². The molecule has 1 aliphatic rings. The number of hydrogen-bond acceptors (Lipinski definition) is 8. The molecule has 2 aromatic carbocycles. The van der Waals surface area contributed by atoms with Crippen molar-refractivity contribution in [2.75, 3.05) is 6.61 Å². The third-order valence-electron chi connectivity index (χ3n) is 4.58. The van der Waals surface area contributed by atoms with Crippen LogP contribution in [0.5, 0.6) is 11.5 Å². The van der Waals surface area contributed by atoms with E-state index in [2.05, 4.69) is 0 Å². The van der Waals surface area contributed by atoms with Gasteiger partial charge in [-0.3, -0.25) is 4.79 Å². The van der Waals surface area contributed by atoms with Crippen molar-refractivity contribution in [1.82, 2.24) is 0 Å². The molecule has 5 atom stereocenters. The van der Waals surface area contributed by atoms with Crippen LogP contribution in [-0.2, 0) is 11.2 Å². The molecule has 8 nitrogen and oxygen atoms in total. The first-order valence-corrected chi connectivity index (χ1v) is 8.78. The number of aromatic hydroxyl groups is 1. The smallest absolute Gasteiger partial charge is 0.229 e. The van der Waals surface area contributed by atoms with E-state index in [1.165, 1.54) is 18.2 Å². The first-order valence-electron chi connectivity index (χ1n) is 8.78. The summed E-state index contributed by atoms with van der Waals surface area (Å²) >= 11 is 0. The summed E-state index contributed by atoms with van der Waals surface area (Å²) < 4.78 is 10.7. The van der Waals surface area contributed by atoms with E-state index in [9.17, 15) is 30.3 Å². The van der Waals surface area contributed by atoms with Crippen molar-refractivity contribution in [1.29, 1.82) is 0 Å². The predicted molar refractivity (Wildman–Crippen MR) is 97.0 cm³/mol. The van der Waals surface area contributed by atoms with Crippen molar-refractivity contribution in [3.05, 3.63) is 59.7 Å². The van der Waals surface area contributed by atoms with Crippen molar-refractivity contribution in [2.45, 2.75) is 37.1 Å². The lowest BCUT2D eigenvalue weighted by Crippen LogP contribution is -2.60. The Morgan fingerprint density at radius 1 is 1.00 bits per heavy atom. The molecule has 3 rings (SSSR count). The molecule has 0 spiro atoms. The lowest BCUT2D eigenvalue weighted by Gasteiger charge is -2.39. The van der Waals surface area contributed by atoms with E-state index >= 15 is 0 Å². The van der Waals surface area contributed by atoms with Crippen LogP contribution in [0.25, 0.3) is 0 Å². The van der Waals surface area contributed by atoms with Gasteiger partial charge in [-0.2, -0.15) is 0 Å². The fourth-order valence-electron chi connectivity index (χ4n) is 3.00. The second-order valence-corrected chi connectivity index (χ2v) is 6.58. The van der Waals surface area contributed by atoms with Crippen molar-refractivity contribution in [2.24, 2.45) is 0 Å². The molecule has 8 heteroatoms. The molecule has 0 amide bonds. The SMILES string of the molecule is O=C(Cc1ccccc1)c1ccc(O[C@@H]2O[C@@H](CO)[C@@H](O)[C@@H](O)[C@H]2O)cc1O. The van der Waals surface area contributed by atoms with E-state index in [1.807, 2.05) is 30.3 Å². The largest absolute Gasteiger partial charge is 0.507 e. The van der Waals surface area contributed by atoms with Gasteiger partial charge < -0.3 is 35.0 Å². The minimum atomic E-state index is -1.57. The van der Waals surface area contributed by atoms with E-state index in [1.54, 1.807) is 0 Å². The van der Waals surface area contributed by atoms with E-state index < -0.39 is 37.3 Å². The van der Waals surface area contributed by atoms with Gasteiger partial charge in [0.25, 0.3) is 0 Å². The molecule has 1 aliphatic heterocycles. The average molecular weight is 390 g/mol. The molecule has 150 valence electrons. The predicted octanol–water partition coefficient (Wildman–Crippen LogP) is -0.00370. The Bertz CT molecular complexity index is 807. The summed E-state index contributed by atoms with van der Waals surface area (Å²) in [6.45, 7) is -0.580. The summed E-state index contributed by atoms with van der Waals surface area (Å²) in [4.78, 5) is 12.4. The first kappa shape index (κ1) is 20.2. The van der Waals surface area contributed by atoms with Gasteiger partial charge in [-0.15, -0.1) is 0 Å². The molecule has 0 aromatic heterocycles. The Balaban J connectivity index is 1.71. The van der Waals surface area contributed by atoms with Crippen LogP contribution in [0.3, 0.4) is 0 Å². The number of ketones is 1. The van der Waals surface area contributed by atoms with E-state index in [0.717, 1.165) is 5.56 Å². The minimum absolute atomic E-state index is 0.0816. The molecule has 28 heavy (non-hydrogen) atoms. The number of carbonyl (C=O) groups excluding carboxylic acids is 1. The number of carbonyl (C=O) groups is 1. The Labute approximate surface area is 161 Å². The summed E-state index contributed by atoms with van der Waals surface area (Å²) in [6, 6.07) is 13.1. The quantitative estimate of drug-likeness (QED) is 0.435. The lowest BCUT2D eigenvalue weighted by molar-refractivity contribution is -0.277. The van der Waals surface area contributed by atoms with Gasteiger partial charge in [0, 0.05) is 12.5 Å². The summed E-state index contributed by atoms with van der Waals surface area (Å²) in [7, 11) is 0. The number of ether oxygens (including phenoxy) is 2. The second-order valence-electron chi connectivity index (χ2n) is 6.58. The van der Waals surface area contributed by atoms with Gasteiger partial charge in [-0.25, -0.2) is 0 Å². The molecule has 0 bridgehead atoms.